The number of rotatable bonds is 1. The van der Waals surface area contributed by atoms with Crippen LogP contribution in [0.3, 0.4) is 0 Å². The quantitative estimate of drug-likeness (QED) is 0.562. The van der Waals surface area contributed by atoms with Gasteiger partial charge in [-0.3, -0.25) is 0 Å². The topological polar surface area (TPSA) is 16.1 Å². The van der Waals surface area contributed by atoms with E-state index >= 15 is 0 Å². The zero-order chi connectivity index (χ0) is 10.2. The van der Waals surface area contributed by atoms with Crippen molar-refractivity contribution in [1.82, 2.24) is 4.98 Å². The van der Waals surface area contributed by atoms with Crippen LogP contribution in [0.1, 0.15) is 0 Å². The van der Waals surface area contributed by atoms with Gasteiger partial charge >= 0.3 is 0 Å². The monoisotopic (exact) mass is 250 g/mol. The summed E-state index contributed by atoms with van der Waals surface area (Å²) in [5.41, 5.74) is -0.810. The standard InChI is InChI=1S/C5Cl3F3N2/c6-1-3(13(7)8)2(9)5(11)12-4(1)10. The van der Waals surface area contributed by atoms with Gasteiger partial charge < -0.3 is 0 Å². The molecule has 0 aliphatic carbocycles. The van der Waals surface area contributed by atoms with Crippen LogP contribution in [0, 0.1) is 17.7 Å². The molecule has 0 saturated heterocycles. The number of halogens is 6. The van der Waals surface area contributed by atoms with E-state index in [2.05, 4.69) is 4.98 Å². The number of hydrogen-bond donors (Lipinski definition) is 0. The molecule has 1 aromatic rings. The summed E-state index contributed by atoms with van der Waals surface area (Å²) in [4.78, 5) is 2.53. The lowest BCUT2D eigenvalue weighted by Crippen LogP contribution is -2.04. The Hall–Kier alpha value is -0.390. The lowest BCUT2D eigenvalue weighted by molar-refractivity contribution is 0.450. The van der Waals surface area contributed by atoms with Gasteiger partial charge in [0, 0.05) is 23.6 Å². The van der Waals surface area contributed by atoms with E-state index in [0.29, 0.717) is 0 Å². The Morgan fingerprint density at radius 2 is 1.62 bits per heavy atom. The maximum absolute atomic E-state index is 12.8. The Kier molecular flexibility index (Phi) is 3.10. The van der Waals surface area contributed by atoms with Crippen LogP contribution in [0.5, 0.6) is 0 Å². The summed E-state index contributed by atoms with van der Waals surface area (Å²) in [5, 5.41) is -0.788. The Morgan fingerprint density at radius 3 is 2.08 bits per heavy atom. The number of hydrogen-bond acceptors (Lipinski definition) is 2. The molecule has 0 aliphatic rings. The van der Waals surface area contributed by atoms with E-state index in [1.165, 1.54) is 0 Å². The fraction of sp³-hybridized carbons (Fsp3) is 0. The molecule has 0 aliphatic heterocycles. The first-order valence-electron chi connectivity index (χ1n) is 2.76. The molecule has 0 spiro atoms. The second kappa shape index (κ2) is 3.77. The molecule has 0 saturated carbocycles. The number of anilines is 1. The number of aromatic nitrogens is 1. The van der Waals surface area contributed by atoms with Crippen LogP contribution >= 0.6 is 35.2 Å². The molecule has 0 aromatic carbocycles. The van der Waals surface area contributed by atoms with Crippen molar-refractivity contribution in [3.8, 4) is 0 Å². The molecule has 1 aromatic heterocycles. The van der Waals surface area contributed by atoms with Gasteiger partial charge in [0.1, 0.15) is 10.7 Å². The summed E-state index contributed by atoms with van der Waals surface area (Å²) >= 11 is 15.4. The normalized spacial score (nSPS) is 10.3. The third-order valence-electron chi connectivity index (χ3n) is 1.14. The van der Waals surface area contributed by atoms with Gasteiger partial charge in [-0.05, 0) is 0 Å². The molecule has 8 heteroatoms. The van der Waals surface area contributed by atoms with Crippen LogP contribution in [-0.2, 0) is 0 Å². The van der Waals surface area contributed by atoms with Crippen LogP contribution < -0.4 is 3.94 Å². The fourth-order valence-corrected chi connectivity index (χ4v) is 1.24. The molecule has 13 heavy (non-hydrogen) atoms. The van der Waals surface area contributed by atoms with Gasteiger partial charge in [0.2, 0.25) is 11.8 Å². The van der Waals surface area contributed by atoms with Crippen LogP contribution in [-0.4, -0.2) is 4.98 Å². The lowest BCUT2D eigenvalue weighted by Gasteiger charge is -2.09. The predicted molar refractivity (Wildman–Crippen MR) is 43.3 cm³/mol. The molecule has 72 valence electrons. The first-order chi connectivity index (χ1) is 5.95. The molecular formula is C5Cl3F3N2. The van der Waals surface area contributed by atoms with Crippen molar-refractivity contribution in [2.75, 3.05) is 3.94 Å². The molecule has 0 N–H and O–H groups in total. The van der Waals surface area contributed by atoms with Gasteiger partial charge in [0.15, 0.2) is 0 Å². The van der Waals surface area contributed by atoms with Crippen molar-refractivity contribution < 1.29 is 13.2 Å². The minimum atomic E-state index is -1.66. The first-order valence-corrected chi connectivity index (χ1v) is 3.82. The van der Waals surface area contributed by atoms with Gasteiger partial charge in [-0.25, -0.2) is 0 Å². The van der Waals surface area contributed by atoms with Crippen LogP contribution in [0.15, 0.2) is 0 Å². The zero-order valence-corrected chi connectivity index (χ0v) is 7.93. The Labute approximate surface area is 86.0 Å². The molecule has 0 unspecified atom stereocenters. The minimum absolute atomic E-state index is 0.117. The maximum Gasteiger partial charge on any atom is 0.253 e. The van der Waals surface area contributed by atoms with Crippen molar-refractivity contribution in [2.24, 2.45) is 0 Å². The molecule has 1 rings (SSSR count). The summed E-state index contributed by atoms with van der Waals surface area (Å²) in [6.45, 7) is 0. The van der Waals surface area contributed by atoms with Crippen molar-refractivity contribution in [2.45, 2.75) is 0 Å². The van der Waals surface area contributed by atoms with Crippen LogP contribution in [0.2, 0.25) is 5.02 Å². The summed E-state index contributed by atoms with van der Waals surface area (Å²) in [6, 6.07) is 0. The van der Waals surface area contributed by atoms with Gasteiger partial charge in [-0.15, -0.1) is 0 Å². The molecule has 0 bridgehead atoms. The first kappa shape index (κ1) is 10.7. The van der Waals surface area contributed by atoms with Crippen LogP contribution in [0.25, 0.3) is 0 Å². The maximum atomic E-state index is 12.8. The van der Waals surface area contributed by atoms with E-state index in [0.717, 1.165) is 0 Å². The van der Waals surface area contributed by atoms with Gasteiger partial charge in [-0.2, -0.15) is 22.1 Å². The van der Waals surface area contributed by atoms with Gasteiger partial charge in [0.25, 0.3) is 5.95 Å². The van der Waals surface area contributed by atoms with E-state index in [1.54, 1.807) is 0 Å². The average molecular weight is 251 g/mol. The molecule has 1 heterocycles. The van der Waals surface area contributed by atoms with Crippen molar-refractivity contribution in [1.29, 1.82) is 0 Å². The van der Waals surface area contributed by atoms with Gasteiger partial charge in [0.05, 0.1) is 0 Å². The Morgan fingerprint density at radius 1 is 1.08 bits per heavy atom. The summed E-state index contributed by atoms with van der Waals surface area (Å²) < 4.78 is 37.9. The van der Waals surface area contributed by atoms with Crippen molar-refractivity contribution in [3.05, 3.63) is 22.7 Å². The predicted octanol–water partition coefficient (Wildman–Crippen LogP) is 3.27. The largest absolute Gasteiger partial charge is 0.253 e. The average Bonchev–Trinajstić information content (AvgIpc) is 2.01. The van der Waals surface area contributed by atoms with Crippen molar-refractivity contribution >= 4 is 40.8 Å². The highest BCUT2D eigenvalue weighted by atomic mass is 35.5. The second-order valence-corrected chi connectivity index (χ2v) is 3.13. The molecule has 0 amide bonds. The van der Waals surface area contributed by atoms with E-state index in [9.17, 15) is 13.2 Å². The highest BCUT2D eigenvalue weighted by molar-refractivity contribution is 6.51. The van der Waals surface area contributed by atoms with E-state index < -0.39 is 28.4 Å². The zero-order valence-electron chi connectivity index (χ0n) is 5.66. The van der Waals surface area contributed by atoms with E-state index in [4.69, 9.17) is 35.2 Å². The molecule has 0 fully saturated rings. The SMILES string of the molecule is Fc1nc(F)c(Cl)c(N(Cl)Cl)c1F. The molecule has 2 nitrogen and oxygen atoms in total. The highest BCUT2D eigenvalue weighted by Crippen LogP contribution is 2.33. The lowest BCUT2D eigenvalue weighted by atomic mass is 10.4. The van der Waals surface area contributed by atoms with E-state index in [1.807, 2.05) is 0 Å². The molecular weight excluding hydrogens is 251 g/mol. The second-order valence-electron chi connectivity index (χ2n) is 1.90. The summed E-state index contributed by atoms with van der Waals surface area (Å²) in [5.74, 6) is -4.57. The molecule has 0 atom stereocenters. The fourth-order valence-electron chi connectivity index (χ4n) is 0.625. The summed E-state index contributed by atoms with van der Waals surface area (Å²) in [6.07, 6.45) is 0. The Balaban J connectivity index is 3.46. The number of nitrogens with zero attached hydrogens (tertiary/aromatic N) is 2. The Bertz CT molecular complexity index is 318. The smallest absolute Gasteiger partial charge is 0.199 e. The third-order valence-corrected chi connectivity index (χ3v) is 1.82. The minimum Gasteiger partial charge on any atom is -0.199 e. The molecule has 0 radical (unpaired) electrons. The summed E-state index contributed by atoms with van der Waals surface area (Å²) in [7, 11) is 0. The van der Waals surface area contributed by atoms with Gasteiger partial charge in [-0.1, -0.05) is 11.6 Å². The van der Waals surface area contributed by atoms with E-state index in [-0.39, 0.29) is 3.94 Å². The number of pyridine rings is 1. The van der Waals surface area contributed by atoms with Crippen molar-refractivity contribution in [3.63, 3.8) is 0 Å². The highest BCUT2D eigenvalue weighted by Gasteiger charge is 2.22. The third kappa shape index (κ3) is 1.92. The van der Waals surface area contributed by atoms with Crippen LogP contribution in [0.4, 0.5) is 18.9 Å².